The SMILES string of the molecule is CCc1ccc(COC2CCC(CCC=O)CC2)cc1. The van der Waals surface area contributed by atoms with Crippen LogP contribution in [0.4, 0.5) is 0 Å². The lowest BCUT2D eigenvalue weighted by atomic mass is 9.84. The molecule has 1 aromatic carbocycles. The fourth-order valence-corrected chi connectivity index (χ4v) is 2.98. The number of rotatable bonds is 7. The highest BCUT2D eigenvalue weighted by Gasteiger charge is 2.21. The summed E-state index contributed by atoms with van der Waals surface area (Å²) in [6, 6.07) is 8.73. The van der Waals surface area contributed by atoms with Crippen molar-refractivity contribution in [2.75, 3.05) is 0 Å². The fraction of sp³-hybridized carbons (Fsp3) is 0.611. The summed E-state index contributed by atoms with van der Waals surface area (Å²) in [5, 5.41) is 0. The highest BCUT2D eigenvalue weighted by atomic mass is 16.5. The molecule has 0 bridgehead atoms. The third-order valence-corrected chi connectivity index (χ3v) is 4.40. The fourth-order valence-electron chi connectivity index (χ4n) is 2.98. The Bertz CT molecular complexity index is 388. The first kappa shape index (κ1) is 15.2. The van der Waals surface area contributed by atoms with Gasteiger partial charge in [0.25, 0.3) is 0 Å². The molecule has 0 amide bonds. The van der Waals surface area contributed by atoms with E-state index in [0.717, 1.165) is 50.9 Å². The third kappa shape index (κ3) is 4.75. The maximum atomic E-state index is 10.4. The Balaban J connectivity index is 1.68. The molecule has 1 fully saturated rings. The lowest BCUT2D eigenvalue weighted by molar-refractivity contribution is -0.108. The summed E-state index contributed by atoms with van der Waals surface area (Å²) < 4.78 is 6.03. The molecule has 2 heteroatoms. The zero-order valence-corrected chi connectivity index (χ0v) is 12.5. The van der Waals surface area contributed by atoms with E-state index >= 15 is 0 Å². The second kappa shape index (κ2) is 8.21. The molecule has 0 atom stereocenters. The van der Waals surface area contributed by atoms with Crippen LogP contribution in [0.3, 0.4) is 0 Å². The number of aldehydes is 1. The van der Waals surface area contributed by atoms with E-state index in [2.05, 4.69) is 31.2 Å². The lowest BCUT2D eigenvalue weighted by Gasteiger charge is -2.28. The van der Waals surface area contributed by atoms with Crippen LogP contribution in [0.1, 0.15) is 56.6 Å². The average molecular weight is 274 g/mol. The Kier molecular flexibility index (Phi) is 6.25. The molecule has 1 aliphatic carbocycles. The smallest absolute Gasteiger partial charge is 0.120 e. The normalized spacial score (nSPS) is 22.6. The van der Waals surface area contributed by atoms with Gasteiger partial charge in [-0.1, -0.05) is 31.2 Å². The number of carbonyl (C=O) groups excluding carboxylic acids is 1. The van der Waals surface area contributed by atoms with Gasteiger partial charge in [0.1, 0.15) is 6.29 Å². The van der Waals surface area contributed by atoms with E-state index in [1.807, 2.05) is 0 Å². The molecule has 0 aliphatic heterocycles. The summed E-state index contributed by atoms with van der Waals surface area (Å²) in [6.45, 7) is 2.90. The minimum Gasteiger partial charge on any atom is -0.374 e. The predicted molar refractivity (Wildman–Crippen MR) is 81.7 cm³/mol. The number of hydrogen-bond donors (Lipinski definition) is 0. The molecule has 1 saturated carbocycles. The van der Waals surface area contributed by atoms with Crippen molar-refractivity contribution in [1.82, 2.24) is 0 Å². The van der Waals surface area contributed by atoms with Crippen molar-refractivity contribution < 1.29 is 9.53 Å². The monoisotopic (exact) mass is 274 g/mol. The van der Waals surface area contributed by atoms with Crippen molar-refractivity contribution in [2.24, 2.45) is 5.92 Å². The minimum atomic E-state index is 0.410. The van der Waals surface area contributed by atoms with Crippen LogP contribution in [0.5, 0.6) is 0 Å². The second-order valence-corrected chi connectivity index (χ2v) is 5.87. The first-order chi connectivity index (χ1) is 9.81. The van der Waals surface area contributed by atoms with Gasteiger partial charge in [-0.25, -0.2) is 0 Å². The zero-order valence-electron chi connectivity index (χ0n) is 12.5. The number of benzene rings is 1. The summed E-state index contributed by atoms with van der Waals surface area (Å²) in [4.78, 5) is 10.4. The van der Waals surface area contributed by atoms with Gasteiger partial charge in [-0.3, -0.25) is 0 Å². The van der Waals surface area contributed by atoms with Gasteiger partial charge in [-0.2, -0.15) is 0 Å². The van der Waals surface area contributed by atoms with E-state index in [0.29, 0.717) is 6.10 Å². The van der Waals surface area contributed by atoms with Crippen LogP contribution >= 0.6 is 0 Å². The van der Waals surface area contributed by atoms with Gasteiger partial charge in [0.05, 0.1) is 12.7 Å². The zero-order chi connectivity index (χ0) is 14.2. The van der Waals surface area contributed by atoms with Gasteiger partial charge in [-0.15, -0.1) is 0 Å². The van der Waals surface area contributed by atoms with Crippen LogP contribution in [-0.4, -0.2) is 12.4 Å². The third-order valence-electron chi connectivity index (χ3n) is 4.40. The molecule has 1 aliphatic rings. The van der Waals surface area contributed by atoms with E-state index in [1.54, 1.807) is 0 Å². The summed E-state index contributed by atoms with van der Waals surface area (Å²) in [7, 11) is 0. The van der Waals surface area contributed by atoms with Crippen LogP contribution < -0.4 is 0 Å². The Morgan fingerprint density at radius 1 is 1.10 bits per heavy atom. The minimum absolute atomic E-state index is 0.410. The van der Waals surface area contributed by atoms with Crippen molar-refractivity contribution in [2.45, 2.75) is 64.6 Å². The molecule has 2 rings (SSSR count). The first-order valence-electron chi connectivity index (χ1n) is 7.95. The van der Waals surface area contributed by atoms with E-state index in [-0.39, 0.29) is 0 Å². The molecule has 110 valence electrons. The molecule has 0 N–H and O–H groups in total. The Labute approximate surface area is 122 Å². The van der Waals surface area contributed by atoms with Gasteiger partial charge in [0.2, 0.25) is 0 Å². The number of hydrogen-bond acceptors (Lipinski definition) is 2. The largest absolute Gasteiger partial charge is 0.374 e. The van der Waals surface area contributed by atoms with Gasteiger partial charge in [0, 0.05) is 6.42 Å². The molecule has 0 radical (unpaired) electrons. The van der Waals surface area contributed by atoms with Crippen LogP contribution in [-0.2, 0) is 22.6 Å². The molecule has 20 heavy (non-hydrogen) atoms. The number of carbonyl (C=O) groups is 1. The Morgan fingerprint density at radius 2 is 1.75 bits per heavy atom. The van der Waals surface area contributed by atoms with Crippen molar-refractivity contribution in [3.05, 3.63) is 35.4 Å². The molecular weight excluding hydrogens is 248 g/mol. The van der Waals surface area contributed by atoms with Gasteiger partial charge in [-0.05, 0) is 55.6 Å². The summed E-state index contributed by atoms with van der Waals surface area (Å²) in [5.41, 5.74) is 2.65. The molecule has 0 unspecified atom stereocenters. The van der Waals surface area contributed by atoms with Crippen LogP contribution in [0.15, 0.2) is 24.3 Å². The predicted octanol–water partition coefficient (Wildman–Crippen LogP) is 4.30. The maximum Gasteiger partial charge on any atom is 0.120 e. The van der Waals surface area contributed by atoms with Gasteiger partial charge >= 0.3 is 0 Å². The lowest BCUT2D eigenvalue weighted by Crippen LogP contribution is -2.21. The molecule has 2 nitrogen and oxygen atoms in total. The standard InChI is InChI=1S/C18H26O2/c1-2-15-5-7-17(8-6-15)14-20-18-11-9-16(10-12-18)4-3-13-19/h5-8,13,16,18H,2-4,9-12,14H2,1H3. The number of ether oxygens (including phenoxy) is 1. The molecule has 1 aromatic rings. The molecule has 0 heterocycles. The molecular formula is C18H26O2. The van der Waals surface area contributed by atoms with Crippen molar-refractivity contribution in [1.29, 1.82) is 0 Å². The van der Waals surface area contributed by atoms with Crippen molar-refractivity contribution in [3.8, 4) is 0 Å². The average Bonchev–Trinajstić information content (AvgIpc) is 2.52. The maximum absolute atomic E-state index is 10.4. The van der Waals surface area contributed by atoms with Crippen LogP contribution in [0.2, 0.25) is 0 Å². The van der Waals surface area contributed by atoms with E-state index in [4.69, 9.17) is 4.74 Å². The first-order valence-corrected chi connectivity index (χ1v) is 7.95. The van der Waals surface area contributed by atoms with Gasteiger partial charge < -0.3 is 9.53 Å². The van der Waals surface area contributed by atoms with Gasteiger partial charge in [0.15, 0.2) is 0 Å². The van der Waals surface area contributed by atoms with E-state index < -0.39 is 0 Å². The highest BCUT2D eigenvalue weighted by Crippen LogP contribution is 2.29. The van der Waals surface area contributed by atoms with Crippen molar-refractivity contribution in [3.63, 3.8) is 0 Å². The summed E-state index contributed by atoms with van der Waals surface area (Å²) in [5.74, 6) is 0.740. The van der Waals surface area contributed by atoms with Crippen molar-refractivity contribution >= 4 is 6.29 Å². The summed E-state index contributed by atoms with van der Waals surface area (Å²) in [6.07, 6.45) is 9.06. The molecule has 0 saturated heterocycles. The van der Waals surface area contributed by atoms with Crippen LogP contribution in [0.25, 0.3) is 0 Å². The summed E-state index contributed by atoms with van der Waals surface area (Å²) >= 11 is 0. The Hall–Kier alpha value is -1.15. The Morgan fingerprint density at radius 3 is 2.35 bits per heavy atom. The van der Waals surface area contributed by atoms with Crippen LogP contribution in [0, 0.1) is 5.92 Å². The highest BCUT2D eigenvalue weighted by molar-refractivity contribution is 5.49. The molecule has 0 spiro atoms. The van der Waals surface area contributed by atoms with E-state index in [9.17, 15) is 4.79 Å². The second-order valence-electron chi connectivity index (χ2n) is 5.87. The number of aryl methyl sites for hydroxylation is 1. The molecule has 0 aromatic heterocycles. The topological polar surface area (TPSA) is 26.3 Å². The van der Waals surface area contributed by atoms with E-state index in [1.165, 1.54) is 24.0 Å². The quantitative estimate of drug-likeness (QED) is 0.693.